The van der Waals surface area contributed by atoms with Gasteiger partial charge in [0.05, 0.1) is 5.69 Å². The van der Waals surface area contributed by atoms with Crippen molar-refractivity contribution in [1.82, 2.24) is 14.9 Å². The Labute approximate surface area is 148 Å². The molecule has 0 saturated carbocycles. The van der Waals surface area contributed by atoms with Gasteiger partial charge in [-0.05, 0) is 29.2 Å². The van der Waals surface area contributed by atoms with Gasteiger partial charge in [-0.25, -0.2) is 22.8 Å². The third kappa shape index (κ3) is 2.93. The SMILES string of the molecule is CS(=O)(=O)c1nccc(C2C(c3ccc(F)cc3)N=C3SC=CN32)n1. The van der Waals surface area contributed by atoms with Crippen LogP contribution in [0.2, 0.25) is 0 Å². The number of hydrogen-bond donors (Lipinski definition) is 0. The van der Waals surface area contributed by atoms with Crippen molar-refractivity contribution in [2.24, 2.45) is 4.99 Å². The van der Waals surface area contributed by atoms with Crippen LogP contribution in [0.15, 0.2) is 58.3 Å². The summed E-state index contributed by atoms with van der Waals surface area (Å²) in [6, 6.07) is 7.22. The van der Waals surface area contributed by atoms with Crippen LogP contribution in [0.5, 0.6) is 0 Å². The molecule has 128 valence electrons. The van der Waals surface area contributed by atoms with Gasteiger partial charge in [0.2, 0.25) is 15.0 Å². The monoisotopic (exact) mass is 376 g/mol. The second-order valence-electron chi connectivity index (χ2n) is 5.70. The molecule has 25 heavy (non-hydrogen) atoms. The minimum Gasteiger partial charge on any atom is -0.315 e. The fourth-order valence-electron chi connectivity index (χ4n) is 2.85. The Hall–Kier alpha value is -2.26. The van der Waals surface area contributed by atoms with Gasteiger partial charge in [0.25, 0.3) is 0 Å². The lowest BCUT2D eigenvalue weighted by Gasteiger charge is -2.25. The van der Waals surface area contributed by atoms with Crippen LogP contribution >= 0.6 is 11.8 Å². The Bertz CT molecular complexity index is 989. The summed E-state index contributed by atoms with van der Waals surface area (Å²) in [4.78, 5) is 14.8. The highest BCUT2D eigenvalue weighted by Gasteiger charge is 2.40. The van der Waals surface area contributed by atoms with Crippen molar-refractivity contribution in [2.45, 2.75) is 17.2 Å². The predicted octanol–water partition coefficient (Wildman–Crippen LogP) is 2.69. The molecule has 2 aliphatic rings. The molecule has 6 nitrogen and oxygen atoms in total. The molecule has 2 aromatic rings. The number of thioether (sulfide) groups is 1. The number of rotatable bonds is 3. The normalized spacial score (nSPS) is 22.2. The molecular weight excluding hydrogens is 363 g/mol. The number of amidine groups is 1. The molecule has 9 heteroatoms. The third-order valence-corrected chi connectivity index (χ3v) is 5.61. The summed E-state index contributed by atoms with van der Waals surface area (Å²) in [6.45, 7) is 0. The van der Waals surface area contributed by atoms with Gasteiger partial charge in [-0.1, -0.05) is 23.9 Å². The number of hydrogen-bond acceptors (Lipinski definition) is 7. The van der Waals surface area contributed by atoms with E-state index in [4.69, 9.17) is 4.99 Å². The molecule has 1 aromatic carbocycles. The molecule has 0 radical (unpaired) electrons. The molecular formula is C16H13FN4O2S2. The summed E-state index contributed by atoms with van der Waals surface area (Å²) in [5, 5.41) is 2.50. The number of aromatic nitrogens is 2. The maximum Gasteiger partial charge on any atom is 0.247 e. The summed E-state index contributed by atoms with van der Waals surface area (Å²) in [5.74, 6) is -0.317. The molecule has 2 aliphatic heterocycles. The van der Waals surface area contributed by atoms with E-state index in [1.807, 2.05) is 16.5 Å². The first-order valence-electron chi connectivity index (χ1n) is 7.41. The van der Waals surface area contributed by atoms with Gasteiger partial charge in [0.15, 0.2) is 5.17 Å². The van der Waals surface area contributed by atoms with E-state index < -0.39 is 9.84 Å². The average Bonchev–Trinajstić information content (AvgIpc) is 3.15. The lowest BCUT2D eigenvalue weighted by molar-refractivity contribution is 0.388. The predicted molar refractivity (Wildman–Crippen MR) is 93.0 cm³/mol. The lowest BCUT2D eigenvalue weighted by Crippen LogP contribution is -2.24. The van der Waals surface area contributed by atoms with Crippen LogP contribution in [-0.4, -0.2) is 34.7 Å². The molecule has 2 unspecified atom stereocenters. The van der Waals surface area contributed by atoms with E-state index in [1.54, 1.807) is 18.2 Å². The maximum absolute atomic E-state index is 13.3. The van der Waals surface area contributed by atoms with Crippen LogP contribution in [0.3, 0.4) is 0 Å². The van der Waals surface area contributed by atoms with Crippen LogP contribution in [0, 0.1) is 5.82 Å². The smallest absolute Gasteiger partial charge is 0.247 e. The van der Waals surface area contributed by atoms with E-state index in [0.717, 1.165) is 17.0 Å². The van der Waals surface area contributed by atoms with Gasteiger partial charge in [0, 0.05) is 18.7 Å². The first kappa shape index (κ1) is 16.2. The fourth-order valence-corrected chi connectivity index (χ4v) is 4.16. The molecule has 4 rings (SSSR count). The lowest BCUT2D eigenvalue weighted by atomic mass is 9.97. The van der Waals surface area contributed by atoms with Crippen molar-refractivity contribution in [1.29, 1.82) is 0 Å². The zero-order chi connectivity index (χ0) is 17.6. The topological polar surface area (TPSA) is 75.5 Å². The standard InChI is InChI=1S/C16H13FN4O2S2/c1-25(22,23)15-18-7-6-12(19-15)14-13(10-2-4-11(17)5-3-10)20-16-21(14)8-9-24-16/h2-9,13-14H,1H3. The number of nitrogens with zero attached hydrogens (tertiary/aromatic N) is 4. The first-order valence-corrected chi connectivity index (χ1v) is 10.2. The number of aliphatic imine (C=N–C) groups is 1. The summed E-state index contributed by atoms with van der Waals surface area (Å²) < 4.78 is 36.8. The molecule has 0 N–H and O–H groups in total. The van der Waals surface area contributed by atoms with Gasteiger partial charge in [-0.2, -0.15) is 0 Å². The van der Waals surface area contributed by atoms with Crippen molar-refractivity contribution >= 4 is 26.8 Å². The van der Waals surface area contributed by atoms with Gasteiger partial charge >= 0.3 is 0 Å². The molecule has 3 heterocycles. The summed E-state index contributed by atoms with van der Waals surface area (Å²) in [7, 11) is -3.52. The van der Waals surface area contributed by atoms with Crippen molar-refractivity contribution in [2.75, 3.05) is 6.26 Å². The summed E-state index contributed by atoms with van der Waals surface area (Å²) in [5.41, 5.74) is 1.39. The second-order valence-corrected chi connectivity index (χ2v) is 8.48. The zero-order valence-electron chi connectivity index (χ0n) is 13.1. The van der Waals surface area contributed by atoms with Crippen molar-refractivity contribution in [3.63, 3.8) is 0 Å². The molecule has 0 bridgehead atoms. The highest BCUT2D eigenvalue weighted by Crippen LogP contribution is 2.46. The average molecular weight is 376 g/mol. The fraction of sp³-hybridized carbons (Fsp3) is 0.188. The van der Waals surface area contributed by atoms with E-state index in [-0.39, 0.29) is 23.1 Å². The number of sulfone groups is 1. The van der Waals surface area contributed by atoms with Crippen LogP contribution in [-0.2, 0) is 9.84 Å². The number of fused-ring (bicyclic) bond motifs is 1. The largest absolute Gasteiger partial charge is 0.315 e. The minimum absolute atomic E-state index is 0.216. The Balaban J connectivity index is 1.80. The Morgan fingerprint density at radius 2 is 1.96 bits per heavy atom. The Morgan fingerprint density at radius 1 is 1.20 bits per heavy atom. The van der Waals surface area contributed by atoms with Crippen LogP contribution in [0.1, 0.15) is 23.3 Å². The molecule has 0 amide bonds. The molecule has 0 aliphatic carbocycles. The Morgan fingerprint density at radius 3 is 2.68 bits per heavy atom. The highest BCUT2D eigenvalue weighted by molar-refractivity contribution is 8.16. The van der Waals surface area contributed by atoms with Crippen LogP contribution in [0.25, 0.3) is 0 Å². The Kier molecular flexibility index (Phi) is 3.84. The van der Waals surface area contributed by atoms with E-state index in [9.17, 15) is 12.8 Å². The van der Waals surface area contributed by atoms with Gasteiger partial charge in [-0.3, -0.25) is 4.99 Å². The second kappa shape index (κ2) is 5.92. The van der Waals surface area contributed by atoms with Gasteiger partial charge < -0.3 is 4.90 Å². The van der Waals surface area contributed by atoms with Crippen LogP contribution < -0.4 is 0 Å². The molecule has 0 spiro atoms. The first-order chi connectivity index (χ1) is 11.9. The summed E-state index contributed by atoms with van der Waals surface area (Å²) >= 11 is 1.48. The van der Waals surface area contributed by atoms with Gasteiger partial charge in [0.1, 0.15) is 17.9 Å². The van der Waals surface area contributed by atoms with E-state index >= 15 is 0 Å². The highest BCUT2D eigenvalue weighted by atomic mass is 32.2. The van der Waals surface area contributed by atoms with Gasteiger partial charge in [-0.15, -0.1) is 0 Å². The minimum atomic E-state index is -3.52. The third-order valence-electron chi connectivity index (χ3n) is 3.97. The summed E-state index contributed by atoms with van der Waals surface area (Å²) in [6.07, 6.45) is 4.40. The molecule has 2 atom stereocenters. The quantitative estimate of drug-likeness (QED) is 0.767. The molecule has 0 saturated heterocycles. The van der Waals surface area contributed by atoms with Crippen molar-refractivity contribution in [3.05, 3.63) is 65.2 Å². The van der Waals surface area contributed by atoms with Crippen molar-refractivity contribution in [3.8, 4) is 0 Å². The molecule has 0 fully saturated rings. The van der Waals surface area contributed by atoms with E-state index in [1.165, 1.54) is 30.1 Å². The van der Waals surface area contributed by atoms with Crippen LogP contribution in [0.4, 0.5) is 4.39 Å². The molecule has 1 aromatic heterocycles. The zero-order valence-corrected chi connectivity index (χ0v) is 14.7. The maximum atomic E-state index is 13.3. The van der Waals surface area contributed by atoms with E-state index in [2.05, 4.69) is 9.97 Å². The van der Waals surface area contributed by atoms with E-state index in [0.29, 0.717) is 5.69 Å². The van der Waals surface area contributed by atoms with Crippen molar-refractivity contribution < 1.29 is 12.8 Å². The number of benzene rings is 1. The number of halogens is 1.